The lowest BCUT2D eigenvalue weighted by molar-refractivity contribution is 0.0910. The van der Waals surface area contributed by atoms with Crippen LogP contribution < -0.4 is 5.32 Å². The van der Waals surface area contributed by atoms with Crippen LogP contribution in [0, 0.1) is 5.82 Å². The molecule has 1 aliphatic heterocycles. The van der Waals surface area contributed by atoms with Crippen molar-refractivity contribution in [2.75, 3.05) is 0 Å². The van der Waals surface area contributed by atoms with Gasteiger partial charge in [-0.25, -0.2) is 4.39 Å². The van der Waals surface area contributed by atoms with Crippen LogP contribution in [-0.4, -0.2) is 11.7 Å². The lowest BCUT2D eigenvalue weighted by atomic mass is 9.96. The van der Waals surface area contributed by atoms with Crippen LogP contribution in [0.2, 0.25) is 0 Å². The second-order valence-electron chi connectivity index (χ2n) is 4.44. The highest BCUT2D eigenvalue weighted by molar-refractivity contribution is 6.22. The zero-order valence-corrected chi connectivity index (χ0v) is 10.4. The Labute approximate surface area is 114 Å². The molecule has 2 aromatic rings. The maximum Gasteiger partial charge on any atom is 0.256 e. The third-order valence-electron chi connectivity index (χ3n) is 3.09. The van der Waals surface area contributed by atoms with Crippen LogP contribution in [-0.2, 0) is 0 Å². The summed E-state index contributed by atoms with van der Waals surface area (Å²) in [6, 6.07) is 12.3. The first-order chi connectivity index (χ1) is 9.65. The van der Waals surface area contributed by atoms with Gasteiger partial charge < -0.3 is 5.32 Å². The van der Waals surface area contributed by atoms with E-state index in [9.17, 15) is 14.0 Å². The smallest absolute Gasteiger partial charge is 0.256 e. The minimum Gasteiger partial charge on any atom is -0.319 e. The highest BCUT2D eigenvalue weighted by Crippen LogP contribution is 2.20. The largest absolute Gasteiger partial charge is 0.319 e. The highest BCUT2D eigenvalue weighted by atomic mass is 19.1. The van der Waals surface area contributed by atoms with Crippen molar-refractivity contribution in [2.45, 2.75) is 0 Å². The Morgan fingerprint density at radius 3 is 2.25 bits per heavy atom. The van der Waals surface area contributed by atoms with E-state index in [-0.39, 0.29) is 23.2 Å². The molecule has 2 aromatic carbocycles. The van der Waals surface area contributed by atoms with Crippen LogP contribution >= 0.6 is 0 Å². The van der Waals surface area contributed by atoms with Gasteiger partial charge in [0, 0.05) is 5.56 Å². The summed E-state index contributed by atoms with van der Waals surface area (Å²) in [5.74, 6) is -0.908. The van der Waals surface area contributed by atoms with E-state index in [2.05, 4.69) is 5.32 Å². The summed E-state index contributed by atoms with van der Waals surface area (Å²) in [5, 5.41) is 2.56. The topological polar surface area (TPSA) is 46.2 Å². The molecular formula is C16H10FNO2. The van der Waals surface area contributed by atoms with Crippen molar-refractivity contribution in [3.63, 3.8) is 0 Å². The monoisotopic (exact) mass is 267 g/mol. The fraction of sp³-hybridized carbons (Fsp3) is 0. The van der Waals surface area contributed by atoms with Crippen molar-refractivity contribution in [1.82, 2.24) is 5.32 Å². The Kier molecular flexibility index (Phi) is 2.91. The van der Waals surface area contributed by atoms with Crippen LogP contribution in [0.5, 0.6) is 0 Å². The van der Waals surface area contributed by atoms with Crippen LogP contribution in [0.25, 0.3) is 6.08 Å². The van der Waals surface area contributed by atoms with E-state index in [1.807, 2.05) is 0 Å². The van der Waals surface area contributed by atoms with Gasteiger partial charge in [-0.3, -0.25) is 9.59 Å². The molecular weight excluding hydrogens is 257 g/mol. The predicted octanol–water partition coefficient (Wildman–Crippen LogP) is 2.79. The number of amides is 1. The molecule has 0 radical (unpaired) electrons. The molecule has 98 valence electrons. The van der Waals surface area contributed by atoms with E-state index >= 15 is 0 Å². The molecule has 3 rings (SSSR count). The molecule has 1 amide bonds. The number of carbonyl (C=O) groups is 2. The highest BCUT2D eigenvalue weighted by Gasteiger charge is 2.26. The molecule has 0 fully saturated rings. The normalized spacial score (nSPS) is 15.9. The molecule has 0 saturated heterocycles. The maximum atomic E-state index is 12.8. The number of hydrogen-bond acceptors (Lipinski definition) is 2. The van der Waals surface area contributed by atoms with Crippen molar-refractivity contribution in [2.24, 2.45) is 0 Å². The molecule has 4 heteroatoms. The van der Waals surface area contributed by atoms with E-state index < -0.39 is 0 Å². The summed E-state index contributed by atoms with van der Waals surface area (Å²) in [6.45, 7) is 0. The molecule has 0 spiro atoms. The van der Waals surface area contributed by atoms with Crippen LogP contribution in [0.1, 0.15) is 26.3 Å². The standard InChI is InChI=1S/C16H10FNO2/c17-11-7-5-10(6-8-11)9-14-15(19)12-3-1-2-4-13(12)16(20)18-14/h1-9H,(H,18,20)/b14-9-. The number of halogens is 1. The zero-order chi connectivity index (χ0) is 14.1. The van der Waals surface area contributed by atoms with Gasteiger partial charge in [0.15, 0.2) is 0 Å². The second kappa shape index (κ2) is 4.74. The number of nitrogens with one attached hydrogen (secondary N) is 1. The first-order valence-corrected chi connectivity index (χ1v) is 6.07. The Morgan fingerprint density at radius 1 is 0.900 bits per heavy atom. The SMILES string of the molecule is O=C1N/C(=C\c2ccc(F)cc2)C(=O)c2ccccc21. The van der Waals surface area contributed by atoms with Gasteiger partial charge in [-0.15, -0.1) is 0 Å². The molecule has 20 heavy (non-hydrogen) atoms. The average Bonchev–Trinajstić information content (AvgIpc) is 2.47. The van der Waals surface area contributed by atoms with Crippen molar-refractivity contribution >= 4 is 17.8 Å². The fourth-order valence-electron chi connectivity index (χ4n) is 2.10. The number of fused-ring (bicyclic) bond motifs is 1. The summed E-state index contributed by atoms with van der Waals surface area (Å²) in [5.41, 5.74) is 1.59. The fourth-order valence-corrected chi connectivity index (χ4v) is 2.10. The third-order valence-corrected chi connectivity index (χ3v) is 3.09. The third kappa shape index (κ3) is 2.12. The minimum atomic E-state index is -0.350. The molecule has 0 aromatic heterocycles. The minimum absolute atomic E-state index is 0.195. The molecule has 0 saturated carbocycles. The van der Waals surface area contributed by atoms with E-state index in [0.29, 0.717) is 16.7 Å². The summed E-state index contributed by atoms with van der Waals surface area (Å²) < 4.78 is 12.8. The Balaban J connectivity index is 2.03. The molecule has 1 heterocycles. The first kappa shape index (κ1) is 12.3. The molecule has 0 atom stereocenters. The summed E-state index contributed by atoms with van der Waals surface area (Å²) in [7, 11) is 0. The van der Waals surface area contributed by atoms with Crippen molar-refractivity contribution in [1.29, 1.82) is 0 Å². The summed E-state index contributed by atoms with van der Waals surface area (Å²) >= 11 is 0. The number of hydrogen-bond donors (Lipinski definition) is 1. The number of carbonyl (C=O) groups excluding carboxylic acids is 2. The van der Waals surface area contributed by atoms with Crippen LogP contribution in [0.3, 0.4) is 0 Å². The molecule has 0 bridgehead atoms. The van der Waals surface area contributed by atoms with Gasteiger partial charge in [-0.2, -0.15) is 0 Å². The summed E-state index contributed by atoms with van der Waals surface area (Å²) in [4.78, 5) is 24.2. The zero-order valence-electron chi connectivity index (χ0n) is 10.4. The van der Waals surface area contributed by atoms with E-state index in [4.69, 9.17) is 0 Å². The van der Waals surface area contributed by atoms with Gasteiger partial charge in [0.2, 0.25) is 5.78 Å². The second-order valence-corrected chi connectivity index (χ2v) is 4.44. The quantitative estimate of drug-likeness (QED) is 0.807. The van der Waals surface area contributed by atoms with Gasteiger partial charge in [0.05, 0.1) is 11.3 Å². The number of benzene rings is 2. The summed E-state index contributed by atoms with van der Waals surface area (Å²) in [6.07, 6.45) is 1.54. The van der Waals surface area contributed by atoms with Gasteiger partial charge in [0.25, 0.3) is 5.91 Å². The van der Waals surface area contributed by atoms with Crippen molar-refractivity contribution in [3.8, 4) is 0 Å². The maximum absolute atomic E-state index is 12.8. The molecule has 3 nitrogen and oxygen atoms in total. The van der Waals surface area contributed by atoms with Crippen molar-refractivity contribution < 1.29 is 14.0 Å². The Bertz CT molecular complexity index is 732. The molecule has 1 aliphatic rings. The van der Waals surface area contributed by atoms with Gasteiger partial charge in [0.1, 0.15) is 5.82 Å². The van der Waals surface area contributed by atoms with Crippen LogP contribution in [0.4, 0.5) is 4.39 Å². The van der Waals surface area contributed by atoms with Crippen LogP contribution in [0.15, 0.2) is 54.2 Å². The lowest BCUT2D eigenvalue weighted by Gasteiger charge is -2.17. The van der Waals surface area contributed by atoms with Gasteiger partial charge in [-0.1, -0.05) is 30.3 Å². The van der Waals surface area contributed by atoms with Crippen molar-refractivity contribution in [3.05, 3.63) is 76.7 Å². The average molecular weight is 267 g/mol. The Morgan fingerprint density at radius 2 is 1.55 bits per heavy atom. The number of rotatable bonds is 1. The Hall–Kier alpha value is -2.75. The van der Waals surface area contributed by atoms with E-state index in [0.717, 1.165) is 0 Å². The van der Waals surface area contributed by atoms with Gasteiger partial charge >= 0.3 is 0 Å². The number of Topliss-reactive ketones (excluding diaryl/α,β-unsaturated/α-hetero) is 1. The van der Waals surface area contributed by atoms with E-state index in [1.54, 1.807) is 36.4 Å². The molecule has 1 N–H and O–H groups in total. The lowest BCUT2D eigenvalue weighted by Crippen LogP contribution is -2.34. The first-order valence-electron chi connectivity index (χ1n) is 6.07. The van der Waals surface area contributed by atoms with Gasteiger partial charge in [-0.05, 0) is 29.8 Å². The molecule has 0 aliphatic carbocycles. The number of allylic oxidation sites excluding steroid dienone is 1. The van der Waals surface area contributed by atoms with E-state index in [1.165, 1.54) is 18.2 Å². The predicted molar refractivity (Wildman–Crippen MR) is 72.6 cm³/mol. The number of ketones is 1. The molecule has 0 unspecified atom stereocenters.